The Hall–Kier alpha value is -2.05. The number of hydrogen-bond acceptors (Lipinski definition) is 2. The Morgan fingerprint density at radius 1 is 1.20 bits per heavy atom. The van der Waals surface area contributed by atoms with Gasteiger partial charge >= 0.3 is 0 Å². The van der Waals surface area contributed by atoms with Gasteiger partial charge in [-0.1, -0.05) is 35.9 Å². The minimum absolute atomic E-state index is 0.326. The summed E-state index contributed by atoms with van der Waals surface area (Å²) in [5.74, 6) is -0.236. The molecule has 2 aromatic carbocycles. The van der Waals surface area contributed by atoms with Gasteiger partial charge < -0.3 is 4.74 Å². The zero-order valence-corrected chi connectivity index (χ0v) is 11.5. The van der Waals surface area contributed by atoms with Crippen LogP contribution in [0.15, 0.2) is 48.5 Å². The number of nitrogens with zero attached hydrogens (tertiary/aromatic N) is 1. The standard InChI is InChI=1S/C16H13ClFNO/c17-13-4-3-5-14(10-13)20-9-8-12(11-19)15-6-1-2-7-16(15)18/h1-7,10,12H,8-9H2. The van der Waals surface area contributed by atoms with Crippen LogP contribution in [-0.4, -0.2) is 6.61 Å². The Kier molecular flexibility index (Phi) is 4.97. The van der Waals surface area contributed by atoms with E-state index in [1.165, 1.54) is 6.07 Å². The van der Waals surface area contributed by atoms with Gasteiger partial charge in [0.05, 0.1) is 18.6 Å². The average Bonchev–Trinajstić information content (AvgIpc) is 2.45. The second-order valence-corrected chi connectivity index (χ2v) is 4.73. The summed E-state index contributed by atoms with van der Waals surface area (Å²) in [7, 11) is 0. The predicted octanol–water partition coefficient (Wildman–Crippen LogP) is 4.56. The highest BCUT2D eigenvalue weighted by molar-refractivity contribution is 6.30. The maximum atomic E-state index is 13.6. The second-order valence-electron chi connectivity index (χ2n) is 4.30. The molecule has 0 fully saturated rings. The zero-order chi connectivity index (χ0) is 14.4. The van der Waals surface area contributed by atoms with Crippen LogP contribution in [0.4, 0.5) is 4.39 Å². The van der Waals surface area contributed by atoms with Gasteiger partial charge in [0.25, 0.3) is 0 Å². The number of ether oxygens (including phenoxy) is 1. The molecular weight excluding hydrogens is 277 g/mol. The van der Waals surface area contributed by atoms with Gasteiger partial charge in [-0.15, -0.1) is 0 Å². The largest absolute Gasteiger partial charge is 0.493 e. The van der Waals surface area contributed by atoms with Crippen LogP contribution in [0.3, 0.4) is 0 Å². The first kappa shape index (κ1) is 14.4. The van der Waals surface area contributed by atoms with E-state index in [9.17, 15) is 4.39 Å². The molecule has 0 aliphatic rings. The smallest absolute Gasteiger partial charge is 0.127 e. The molecule has 4 heteroatoms. The van der Waals surface area contributed by atoms with E-state index >= 15 is 0 Å². The van der Waals surface area contributed by atoms with Crippen molar-refractivity contribution in [3.63, 3.8) is 0 Å². The lowest BCUT2D eigenvalue weighted by Gasteiger charge is -2.11. The van der Waals surface area contributed by atoms with Gasteiger partial charge in [-0.3, -0.25) is 0 Å². The summed E-state index contributed by atoms with van der Waals surface area (Å²) < 4.78 is 19.1. The van der Waals surface area contributed by atoms with Crippen molar-refractivity contribution in [3.8, 4) is 11.8 Å². The SMILES string of the molecule is N#CC(CCOc1cccc(Cl)c1)c1ccccc1F. The van der Waals surface area contributed by atoms with E-state index in [0.29, 0.717) is 29.4 Å². The Balaban J connectivity index is 1.96. The number of hydrogen-bond donors (Lipinski definition) is 0. The number of nitriles is 1. The fraction of sp³-hybridized carbons (Fsp3) is 0.188. The maximum absolute atomic E-state index is 13.6. The highest BCUT2D eigenvalue weighted by Crippen LogP contribution is 2.23. The molecule has 0 aliphatic heterocycles. The first-order valence-electron chi connectivity index (χ1n) is 6.23. The minimum atomic E-state index is -0.518. The molecule has 1 unspecified atom stereocenters. The summed E-state index contributed by atoms with van der Waals surface area (Å²) in [6.07, 6.45) is 0.421. The van der Waals surface area contributed by atoms with Crippen molar-refractivity contribution in [2.24, 2.45) is 0 Å². The lowest BCUT2D eigenvalue weighted by molar-refractivity contribution is 0.305. The van der Waals surface area contributed by atoms with Gasteiger partial charge in [0.2, 0.25) is 0 Å². The molecule has 0 saturated carbocycles. The highest BCUT2D eigenvalue weighted by Gasteiger charge is 2.14. The fourth-order valence-electron chi connectivity index (χ4n) is 1.90. The molecule has 102 valence electrons. The van der Waals surface area contributed by atoms with Crippen LogP contribution in [0.2, 0.25) is 5.02 Å². The molecule has 0 aliphatic carbocycles. The molecule has 0 amide bonds. The maximum Gasteiger partial charge on any atom is 0.127 e. The Bertz CT molecular complexity index is 624. The highest BCUT2D eigenvalue weighted by atomic mass is 35.5. The molecule has 2 rings (SSSR count). The normalized spacial score (nSPS) is 11.7. The molecule has 0 spiro atoms. The average molecular weight is 290 g/mol. The quantitative estimate of drug-likeness (QED) is 0.808. The van der Waals surface area contributed by atoms with E-state index in [1.54, 1.807) is 42.5 Å². The summed E-state index contributed by atoms with van der Waals surface area (Å²) >= 11 is 5.85. The van der Waals surface area contributed by atoms with Crippen LogP contribution in [0, 0.1) is 17.1 Å². The molecule has 0 heterocycles. The zero-order valence-electron chi connectivity index (χ0n) is 10.7. The van der Waals surface area contributed by atoms with E-state index in [2.05, 4.69) is 6.07 Å². The van der Waals surface area contributed by atoms with Crippen LogP contribution in [0.5, 0.6) is 5.75 Å². The third-order valence-corrected chi connectivity index (χ3v) is 3.14. The van der Waals surface area contributed by atoms with Crippen LogP contribution < -0.4 is 4.74 Å². The van der Waals surface area contributed by atoms with Gasteiger partial charge in [0, 0.05) is 17.0 Å². The number of halogens is 2. The van der Waals surface area contributed by atoms with Crippen molar-refractivity contribution in [1.82, 2.24) is 0 Å². The van der Waals surface area contributed by atoms with Gasteiger partial charge in [-0.2, -0.15) is 5.26 Å². The molecule has 0 radical (unpaired) electrons. The summed E-state index contributed by atoms with van der Waals surface area (Å²) in [5.41, 5.74) is 0.407. The van der Waals surface area contributed by atoms with Gasteiger partial charge in [0.15, 0.2) is 0 Å². The van der Waals surface area contributed by atoms with Crippen LogP contribution in [-0.2, 0) is 0 Å². The molecule has 1 atom stereocenters. The van der Waals surface area contributed by atoms with E-state index in [0.717, 1.165) is 0 Å². The lowest BCUT2D eigenvalue weighted by atomic mass is 9.97. The van der Waals surface area contributed by atoms with Gasteiger partial charge in [-0.25, -0.2) is 4.39 Å². The second kappa shape index (κ2) is 6.93. The third kappa shape index (κ3) is 3.72. The minimum Gasteiger partial charge on any atom is -0.493 e. The van der Waals surface area contributed by atoms with Gasteiger partial charge in [-0.05, 0) is 24.3 Å². The van der Waals surface area contributed by atoms with Crippen LogP contribution >= 0.6 is 11.6 Å². The van der Waals surface area contributed by atoms with E-state index < -0.39 is 5.92 Å². The van der Waals surface area contributed by atoms with Crippen molar-refractivity contribution < 1.29 is 9.13 Å². The summed E-state index contributed by atoms with van der Waals surface area (Å²) in [5, 5.41) is 9.74. The lowest BCUT2D eigenvalue weighted by Crippen LogP contribution is -2.06. The molecule has 0 bridgehead atoms. The van der Waals surface area contributed by atoms with Crippen LogP contribution in [0.1, 0.15) is 17.9 Å². The van der Waals surface area contributed by atoms with Gasteiger partial charge in [0.1, 0.15) is 11.6 Å². The van der Waals surface area contributed by atoms with Crippen molar-refractivity contribution in [2.75, 3.05) is 6.61 Å². The summed E-state index contributed by atoms with van der Waals surface area (Å²) in [6.45, 7) is 0.326. The van der Waals surface area contributed by atoms with Crippen LogP contribution in [0.25, 0.3) is 0 Å². The van der Waals surface area contributed by atoms with Crippen molar-refractivity contribution in [3.05, 3.63) is 64.9 Å². The van der Waals surface area contributed by atoms with E-state index in [-0.39, 0.29) is 5.82 Å². The summed E-state index contributed by atoms with van der Waals surface area (Å²) in [6, 6.07) is 15.5. The monoisotopic (exact) mass is 289 g/mol. The van der Waals surface area contributed by atoms with E-state index in [1.807, 2.05) is 0 Å². The topological polar surface area (TPSA) is 33.0 Å². The predicted molar refractivity (Wildman–Crippen MR) is 76.3 cm³/mol. The Morgan fingerprint density at radius 2 is 2.00 bits per heavy atom. The molecular formula is C16H13ClFNO. The van der Waals surface area contributed by atoms with Crippen molar-refractivity contribution >= 4 is 11.6 Å². The number of rotatable bonds is 5. The molecule has 2 nitrogen and oxygen atoms in total. The molecule has 0 saturated heterocycles. The van der Waals surface area contributed by atoms with Crippen molar-refractivity contribution in [2.45, 2.75) is 12.3 Å². The first-order chi connectivity index (χ1) is 9.70. The molecule has 20 heavy (non-hydrogen) atoms. The Morgan fingerprint density at radius 3 is 2.70 bits per heavy atom. The molecule has 2 aromatic rings. The van der Waals surface area contributed by atoms with Crippen molar-refractivity contribution in [1.29, 1.82) is 5.26 Å². The molecule has 0 aromatic heterocycles. The summed E-state index contributed by atoms with van der Waals surface area (Å²) in [4.78, 5) is 0. The molecule has 0 N–H and O–H groups in total. The van der Waals surface area contributed by atoms with E-state index in [4.69, 9.17) is 21.6 Å². The number of benzene rings is 2. The first-order valence-corrected chi connectivity index (χ1v) is 6.61. The Labute approximate surface area is 122 Å². The third-order valence-electron chi connectivity index (χ3n) is 2.91. The fourth-order valence-corrected chi connectivity index (χ4v) is 2.08.